The third-order valence-electron chi connectivity index (χ3n) is 5.81. The molecule has 0 radical (unpaired) electrons. The zero-order chi connectivity index (χ0) is 27.7. The molecule has 3 rings (SSSR count). The van der Waals surface area contributed by atoms with E-state index in [9.17, 15) is 37.1 Å². The Morgan fingerprint density at radius 1 is 1.08 bits per heavy atom. The van der Waals surface area contributed by atoms with Gasteiger partial charge < -0.3 is 20.3 Å². The van der Waals surface area contributed by atoms with Gasteiger partial charge in [-0.15, -0.1) is 13.2 Å². The van der Waals surface area contributed by atoms with Crippen LogP contribution in [-0.4, -0.2) is 45.0 Å². The number of hydrogen-bond acceptors (Lipinski definition) is 5. The summed E-state index contributed by atoms with van der Waals surface area (Å²) < 4.78 is 57.2. The Kier molecular flexibility index (Phi) is 7.80. The summed E-state index contributed by atoms with van der Waals surface area (Å²) in [6.45, 7) is 4.61. The lowest BCUT2D eigenvalue weighted by Crippen LogP contribution is -2.39. The van der Waals surface area contributed by atoms with Crippen LogP contribution in [0.4, 0.5) is 17.6 Å². The van der Waals surface area contributed by atoms with Crippen LogP contribution in [0.1, 0.15) is 48.0 Å². The highest BCUT2D eigenvalue weighted by atomic mass is 19.4. The number of benzene rings is 2. The monoisotopic (exact) mass is 524 g/mol. The van der Waals surface area contributed by atoms with Crippen molar-refractivity contribution in [3.8, 4) is 11.5 Å². The Labute approximate surface area is 208 Å². The van der Waals surface area contributed by atoms with E-state index >= 15 is 0 Å². The first-order valence-electron chi connectivity index (χ1n) is 11.3. The van der Waals surface area contributed by atoms with E-state index in [0.717, 1.165) is 34.9 Å². The van der Waals surface area contributed by atoms with Crippen molar-refractivity contribution in [3.63, 3.8) is 0 Å². The normalized spacial score (nSPS) is 12.4. The summed E-state index contributed by atoms with van der Waals surface area (Å²) in [6, 6.07) is 3.91. The molecule has 0 aliphatic heterocycles. The Bertz CT molecular complexity index is 1360. The van der Waals surface area contributed by atoms with E-state index in [2.05, 4.69) is 10.1 Å². The van der Waals surface area contributed by atoms with Crippen LogP contribution in [0.25, 0.3) is 10.9 Å². The Morgan fingerprint density at radius 3 is 2.22 bits per heavy atom. The van der Waals surface area contributed by atoms with E-state index in [1.54, 1.807) is 13.8 Å². The van der Waals surface area contributed by atoms with E-state index < -0.39 is 47.5 Å². The lowest BCUT2D eigenvalue weighted by Gasteiger charge is -2.12. The van der Waals surface area contributed by atoms with E-state index in [0.29, 0.717) is 11.3 Å². The zero-order valence-corrected chi connectivity index (χ0v) is 20.1. The number of phenolic OH excluding ortho intramolecular Hbond substituents is 1. The van der Waals surface area contributed by atoms with E-state index in [-0.39, 0.29) is 41.3 Å². The summed E-state index contributed by atoms with van der Waals surface area (Å²) in [6.07, 6.45) is -4.96. The molecule has 8 nitrogen and oxygen atoms in total. The third-order valence-corrected chi connectivity index (χ3v) is 5.81. The number of carbonyl (C=O) groups is 3. The van der Waals surface area contributed by atoms with Crippen molar-refractivity contribution in [1.29, 1.82) is 0 Å². The molecule has 0 aliphatic carbocycles. The van der Waals surface area contributed by atoms with Gasteiger partial charge in [-0.25, -0.2) is 4.39 Å². The quantitative estimate of drug-likeness (QED) is 0.378. The van der Waals surface area contributed by atoms with Gasteiger partial charge in [-0.3, -0.25) is 19.0 Å². The van der Waals surface area contributed by atoms with Gasteiger partial charge >= 0.3 is 12.3 Å². The number of nitrogens with one attached hydrogen (secondary N) is 1. The molecule has 0 saturated carbocycles. The summed E-state index contributed by atoms with van der Waals surface area (Å²) in [5, 5.41) is 22.1. The average molecular weight is 524 g/mol. The molecule has 3 aromatic rings. The molecule has 0 fully saturated rings. The topological polar surface area (TPSA) is 118 Å². The van der Waals surface area contributed by atoms with Gasteiger partial charge in [-0.05, 0) is 49.6 Å². The maximum Gasteiger partial charge on any atom is 0.573 e. The molecule has 1 heterocycles. The number of carbonyl (C=O) groups excluding carboxylic acids is 2. The minimum absolute atomic E-state index is 0.0387. The minimum atomic E-state index is -4.92. The third kappa shape index (κ3) is 5.68. The highest BCUT2D eigenvalue weighted by Crippen LogP contribution is 2.37. The number of ether oxygens (including phenoxy) is 1. The van der Waals surface area contributed by atoms with Crippen molar-refractivity contribution < 1.29 is 46.9 Å². The smallest absolute Gasteiger partial charge is 0.505 e. The Morgan fingerprint density at radius 2 is 1.70 bits per heavy atom. The van der Waals surface area contributed by atoms with Gasteiger partial charge in [0.15, 0.2) is 11.6 Å². The number of aryl methyl sites for hydroxylation is 1. The predicted molar refractivity (Wildman–Crippen MR) is 124 cm³/mol. The van der Waals surface area contributed by atoms with Crippen molar-refractivity contribution in [2.45, 2.75) is 52.4 Å². The molecule has 0 spiro atoms. The van der Waals surface area contributed by atoms with Gasteiger partial charge in [-0.2, -0.15) is 0 Å². The molecular weight excluding hydrogens is 500 g/mol. The van der Waals surface area contributed by atoms with E-state index in [1.165, 1.54) is 6.92 Å². The minimum Gasteiger partial charge on any atom is -0.505 e. The molecule has 37 heavy (non-hydrogen) atoms. The number of rotatable bonds is 8. The van der Waals surface area contributed by atoms with Crippen molar-refractivity contribution in [2.75, 3.05) is 0 Å². The number of carboxylic acid groups (broad SMARTS) is 1. The maximum atomic E-state index is 14.7. The second-order valence-electron chi connectivity index (χ2n) is 8.23. The molecule has 1 aromatic heterocycles. The van der Waals surface area contributed by atoms with Crippen LogP contribution in [0.5, 0.6) is 11.5 Å². The first kappa shape index (κ1) is 27.5. The van der Waals surface area contributed by atoms with Gasteiger partial charge in [0.25, 0.3) is 5.91 Å². The van der Waals surface area contributed by atoms with Crippen LogP contribution in [-0.2, 0) is 28.9 Å². The van der Waals surface area contributed by atoms with E-state index in [4.69, 9.17) is 5.11 Å². The predicted octanol–water partition coefficient (Wildman–Crippen LogP) is 4.33. The fourth-order valence-electron chi connectivity index (χ4n) is 4.20. The van der Waals surface area contributed by atoms with Crippen molar-refractivity contribution in [2.24, 2.45) is 0 Å². The van der Waals surface area contributed by atoms with Crippen LogP contribution >= 0.6 is 0 Å². The molecule has 0 saturated heterocycles. The largest absolute Gasteiger partial charge is 0.573 e. The molecule has 1 atom stereocenters. The lowest BCUT2D eigenvalue weighted by atomic mass is 9.98. The lowest BCUT2D eigenvalue weighted by molar-refractivity contribution is -0.274. The molecule has 3 N–H and O–H groups in total. The molecule has 0 aliphatic rings. The number of amides is 1. The molecule has 1 amide bonds. The van der Waals surface area contributed by atoms with Crippen LogP contribution in [0.2, 0.25) is 0 Å². The second kappa shape index (κ2) is 10.5. The molecular formula is C25H24F4N2O6. The first-order valence-corrected chi connectivity index (χ1v) is 11.3. The molecule has 198 valence electrons. The molecule has 1 unspecified atom stereocenters. The maximum absolute atomic E-state index is 14.7. The molecule has 2 aromatic carbocycles. The zero-order valence-electron chi connectivity index (χ0n) is 20.1. The average Bonchev–Trinajstić information content (AvgIpc) is 3.11. The van der Waals surface area contributed by atoms with Gasteiger partial charge in [0, 0.05) is 28.3 Å². The number of halogens is 4. The number of phenols is 1. The molecule has 0 bridgehead atoms. The summed E-state index contributed by atoms with van der Waals surface area (Å²) in [4.78, 5) is 37.4. The van der Waals surface area contributed by atoms with Gasteiger partial charge in [0.1, 0.15) is 11.8 Å². The standard InChI is InChI=1S/C25H24F4N2O6/c1-4-15-21-16(10-20(32)30-12(3)24(35)36)18(5-2)31(19(21)11-17(26)22(15)33)23(34)13-6-8-14(9-7-13)37-25(27,28)29/h6-9,11-12,33H,4-5,10H2,1-3H3,(H,30,32)(H,35,36). The van der Waals surface area contributed by atoms with Gasteiger partial charge in [0.2, 0.25) is 5.91 Å². The summed E-state index contributed by atoms with van der Waals surface area (Å²) >= 11 is 0. The number of aromatic hydroxyl groups is 1. The highest BCUT2D eigenvalue weighted by Gasteiger charge is 2.31. The van der Waals surface area contributed by atoms with Crippen LogP contribution in [0.3, 0.4) is 0 Å². The number of fused-ring (bicyclic) bond motifs is 1. The number of aromatic nitrogens is 1. The van der Waals surface area contributed by atoms with Crippen LogP contribution in [0, 0.1) is 5.82 Å². The number of nitrogens with zero attached hydrogens (tertiary/aromatic N) is 1. The van der Waals surface area contributed by atoms with Crippen molar-refractivity contribution >= 4 is 28.7 Å². The number of hydrogen-bond donors (Lipinski definition) is 3. The van der Waals surface area contributed by atoms with Crippen molar-refractivity contribution in [3.05, 3.63) is 58.5 Å². The number of carboxylic acids is 1. The molecule has 12 heteroatoms. The van der Waals surface area contributed by atoms with Gasteiger partial charge in [0.05, 0.1) is 11.9 Å². The first-order chi connectivity index (χ1) is 17.3. The fourth-order valence-corrected chi connectivity index (χ4v) is 4.20. The number of aliphatic carboxylic acids is 1. The highest BCUT2D eigenvalue weighted by molar-refractivity contribution is 6.06. The van der Waals surface area contributed by atoms with Crippen molar-refractivity contribution in [1.82, 2.24) is 9.88 Å². The summed E-state index contributed by atoms with van der Waals surface area (Å²) in [7, 11) is 0. The summed E-state index contributed by atoms with van der Waals surface area (Å²) in [5.41, 5.74) is 0.764. The number of alkyl halides is 3. The Hall–Kier alpha value is -4.09. The fraction of sp³-hybridized carbons (Fsp3) is 0.320. The Balaban J connectivity index is 2.19. The van der Waals surface area contributed by atoms with Gasteiger partial charge in [-0.1, -0.05) is 13.8 Å². The second-order valence-corrected chi connectivity index (χ2v) is 8.23. The van der Waals surface area contributed by atoms with Crippen LogP contribution < -0.4 is 10.1 Å². The SMILES string of the molecule is CCc1c(O)c(F)cc2c1c(CC(=O)NC(C)C(=O)O)c(CC)n2C(=O)c1ccc(OC(F)(F)F)cc1. The van der Waals surface area contributed by atoms with Crippen LogP contribution in [0.15, 0.2) is 30.3 Å². The van der Waals surface area contributed by atoms with E-state index in [1.807, 2.05) is 0 Å². The summed E-state index contributed by atoms with van der Waals surface area (Å²) in [5.74, 6) is -4.81.